The van der Waals surface area contributed by atoms with Crippen molar-refractivity contribution in [2.45, 2.75) is 0 Å². The van der Waals surface area contributed by atoms with E-state index >= 15 is 0 Å². The Balaban J connectivity index is 0. The predicted molar refractivity (Wildman–Crippen MR) is 32.1 cm³/mol. The zero-order chi connectivity index (χ0) is 4.24. The van der Waals surface area contributed by atoms with E-state index < -0.39 is 0 Å². The van der Waals surface area contributed by atoms with E-state index in [4.69, 9.17) is 0 Å². The van der Waals surface area contributed by atoms with Crippen LogP contribution >= 0.6 is 0 Å². The van der Waals surface area contributed by atoms with Gasteiger partial charge in [0.15, 0.2) is 0 Å². The molecule has 0 nitrogen and oxygen atoms in total. The number of rotatable bonds is 0. The second-order valence-electron chi connectivity index (χ2n) is 1.08. The first-order valence-corrected chi connectivity index (χ1v) is 1.91. The zero-order valence-electron chi connectivity index (χ0n) is 5.09. The SMILES string of the molecule is [2H-].[Mg+2].[c-]1ccccc1. The molecule has 1 rings (SSSR count). The van der Waals surface area contributed by atoms with Crippen molar-refractivity contribution < 1.29 is 1.43 Å². The van der Waals surface area contributed by atoms with E-state index in [-0.39, 0.29) is 24.5 Å². The van der Waals surface area contributed by atoms with Crippen molar-refractivity contribution in [3.05, 3.63) is 36.4 Å². The van der Waals surface area contributed by atoms with Crippen molar-refractivity contribution in [2.75, 3.05) is 0 Å². The number of benzene rings is 1. The smallest absolute Gasteiger partial charge is 1.00 e. The van der Waals surface area contributed by atoms with Gasteiger partial charge in [0.1, 0.15) is 0 Å². The molecule has 7 heavy (non-hydrogen) atoms. The van der Waals surface area contributed by atoms with E-state index in [9.17, 15) is 0 Å². The van der Waals surface area contributed by atoms with Crippen LogP contribution in [0.15, 0.2) is 30.3 Å². The van der Waals surface area contributed by atoms with Gasteiger partial charge in [-0.3, -0.25) is 0 Å². The maximum atomic E-state index is 2.89. The summed E-state index contributed by atoms with van der Waals surface area (Å²) in [7, 11) is 0. The van der Waals surface area contributed by atoms with Crippen LogP contribution < -0.4 is 0 Å². The standard InChI is InChI=1S/C6H5.Mg.H/c1-2-4-6-5-3-1;;/h1-5H;;/q-1;+2;-1/i;;1+1. The summed E-state index contributed by atoms with van der Waals surface area (Å²) in [5, 5.41) is 0. The van der Waals surface area contributed by atoms with Crippen LogP contribution in [0.25, 0.3) is 0 Å². The summed E-state index contributed by atoms with van der Waals surface area (Å²) in [6, 6.07) is 12.5. The van der Waals surface area contributed by atoms with E-state index in [0.29, 0.717) is 0 Å². The van der Waals surface area contributed by atoms with Gasteiger partial charge in [-0.1, -0.05) is 0 Å². The molecule has 0 saturated heterocycles. The molecule has 32 valence electrons. The first-order chi connectivity index (χ1) is 3.00. The van der Waals surface area contributed by atoms with Crippen molar-refractivity contribution in [1.29, 1.82) is 0 Å². The number of hydrogen-bond acceptors (Lipinski definition) is 0. The third-order valence-electron chi connectivity index (χ3n) is 0.607. The first-order valence-electron chi connectivity index (χ1n) is 1.91. The van der Waals surface area contributed by atoms with Gasteiger partial charge >= 0.3 is 23.1 Å². The van der Waals surface area contributed by atoms with Gasteiger partial charge in [0.05, 0.1) is 0 Å². The van der Waals surface area contributed by atoms with E-state index in [2.05, 4.69) is 6.07 Å². The second-order valence-corrected chi connectivity index (χ2v) is 1.08. The van der Waals surface area contributed by atoms with E-state index in [1.54, 1.807) is 0 Å². The van der Waals surface area contributed by atoms with E-state index in [1.165, 1.54) is 0 Å². The minimum Gasteiger partial charge on any atom is -1.00 e. The average Bonchev–Trinajstić information content (AvgIpc) is 1.72. The molecule has 0 atom stereocenters. The summed E-state index contributed by atoms with van der Waals surface area (Å²) >= 11 is 0. The third kappa shape index (κ3) is 2.65. The van der Waals surface area contributed by atoms with Gasteiger partial charge in [0, 0.05) is 0 Å². The summed E-state index contributed by atoms with van der Waals surface area (Å²) in [6.07, 6.45) is 0. The topological polar surface area (TPSA) is 0 Å². The van der Waals surface area contributed by atoms with Gasteiger partial charge < -0.3 is 1.43 Å². The van der Waals surface area contributed by atoms with Gasteiger partial charge in [0.25, 0.3) is 0 Å². The summed E-state index contributed by atoms with van der Waals surface area (Å²) in [5.41, 5.74) is 0. The van der Waals surface area contributed by atoms with Gasteiger partial charge in [-0.2, -0.15) is 36.4 Å². The van der Waals surface area contributed by atoms with Crippen LogP contribution in [0.3, 0.4) is 0 Å². The fourth-order valence-electron chi connectivity index (χ4n) is 0.342. The van der Waals surface area contributed by atoms with Crippen molar-refractivity contribution in [1.82, 2.24) is 0 Å². The van der Waals surface area contributed by atoms with Crippen LogP contribution in [0.2, 0.25) is 0 Å². The molecule has 0 heterocycles. The van der Waals surface area contributed by atoms with Crippen LogP contribution in [0.1, 0.15) is 1.43 Å². The molecular weight excluding hydrogens is 96.4 g/mol. The molecule has 0 aromatic heterocycles. The Morgan fingerprint density at radius 2 is 1.57 bits per heavy atom. The zero-order valence-corrected chi connectivity index (χ0v) is 5.51. The fourth-order valence-corrected chi connectivity index (χ4v) is 0.342. The Morgan fingerprint density at radius 1 is 1.00 bits per heavy atom. The quantitative estimate of drug-likeness (QED) is 0.342. The van der Waals surface area contributed by atoms with Crippen molar-refractivity contribution in [3.8, 4) is 0 Å². The Labute approximate surface area is 61.2 Å². The van der Waals surface area contributed by atoms with E-state index in [0.717, 1.165) is 0 Å². The monoisotopic (exact) mass is 103 g/mol. The Bertz CT molecular complexity index is 80.5. The third-order valence-corrected chi connectivity index (χ3v) is 0.607. The maximum Gasteiger partial charge on any atom is 2.00 e. The second kappa shape index (κ2) is 4.15. The molecule has 0 spiro atoms. The first kappa shape index (κ1) is 6.99. The van der Waals surface area contributed by atoms with E-state index in [1.807, 2.05) is 30.3 Å². The van der Waals surface area contributed by atoms with Crippen LogP contribution in [0.5, 0.6) is 0 Å². The minimum absolute atomic E-state index is 0. The van der Waals surface area contributed by atoms with Gasteiger partial charge in [0.2, 0.25) is 0 Å². The Morgan fingerprint density at radius 3 is 1.71 bits per heavy atom. The summed E-state index contributed by atoms with van der Waals surface area (Å²) in [6.45, 7) is 0. The van der Waals surface area contributed by atoms with Crippen molar-refractivity contribution >= 4 is 23.1 Å². The minimum atomic E-state index is 0. The Kier molecular flexibility index (Phi) is 4.15. The predicted octanol–water partition coefficient (Wildman–Crippen LogP) is 1.22. The molecule has 1 heteroatoms. The molecule has 1 aromatic rings. The fraction of sp³-hybridized carbons (Fsp3) is 0. The van der Waals surface area contributed by atoms with Crippen LogP contribution in [-0.4, -0.2) is 23.1 Å². The van der Waals surface area contributed by atoms with Crippen molar-refractivity contribution in [2.24, 2.45) is 0 Å². The summed E-state index contributed by atoms with van der Waals surface area (Å²) < 4.78 is 0. The van der Waals surface area contributed by atoms with Gasteiger partial charge in [-0.05, 0) is 0 Å². The molecule has 0 fully saturated rings. The van der Waals surface area contributed by atoms with Gasteiger partial charge in [-0.15, -0.1) is 0 Å². The van der Waals surface area contributed by atoms with Crippen LogP contribution in [0.4, 0.5) is 0 Å². The molecule has 0 bridgehead atoms. The molecule has 1 aromatic carbocycles. The molecule has 0 unspecified atom stereocenters. The summed E-state index contributed by atoms with van der Waals surface area (Å²) in [5.74, 6) is 0. The van der Waals surface area contributed by atoms with Gasteiger partial charge in [-0.25, -0.2) is 0 Å². The van der Waals surface area contributed by atoms with Crippen LogP contribution in [0, 0.1) is 6.07 Å². The van der Waals surface area contributed by atoms with Crippen molar-refractivity contribution in [3.63, 3.8) is 0 Å². The molecule has 0 N–H and O–H groups in total. The average molecular weight is 103 g/mol. The molecule has 0 aliphatic carbocycles. The summed E-state index contributed by atoms with van der Waals surface area (Å²) in [4.78, 5) is 0. The normalized spacial score (nSPS) is 6.86. The molecule has 0 amide bonds. The number of hydrogen-bond donors (Lipinski definition) is 0. The molecule has 0 saturated carbocycles. The molecule has 0 aliphatic heterocycles. The molecule has 0 aliphatic rings. The largest absolute Gasteiger partial charge is 2.00 e. The maximum absolute atomic E-state index is 2.89. The van der Waals surface area contributed by atoms with Crippen LogP contribution in [-0.2, 0) is 0 Å². The molecular formula is C6H6Mg. The molecule has 0 radical (unpaired) electrons. The Hall–Kier alpha value is -0.0138.